The SMILES string of the molecule is Cc1ccnc(NC(=O)C(C)OC(=O)c2ccncc2)c1. The number of hydrogen-bond donors (Lipinski definition) is 1. The molecule has 0 spiro atoms. The first-order valence-corrected chi connectivity index (χ1v) is 6.41. The summed E-state index contributed by atoms with van der Waals surface area (Å²) in [7, 11) is 0. The van der Waals surface area contributed by atoms with Crippen molar-refractivity contribution in [3.8, 4) is 0 Å². The molecule has 0 fully saturated rings. The highest BCUT2D eigenvalue weighted by Crippen LogP contribution is 2.08. The fourth-order valence-corrected chi connectivity index (χ4v) is 1.60. The highest BCUT2D eigenvalue weighted by Gasteiger charge is 2.19. The van der Waals surface area contributed by atoms with Gasteiger partial charge in [-0.3, -0.25) is 9.78 Å². The zero-order valence-electron chi connectivity index (χ0n) is 11.7. The van der Waals surface area contributed by atoms with Gasteiger partial charge in [0.15, 0.2) is 6.10 Å². The normalized spacial score (nSPS) is 11.5. The number of aromatic nitrogens is 2. The lowest BCUT2D eigenvalue weighted by Gasteiger charge is -2.13. The van der Waals surface area contributed by atoms with Crippen molar-refractivity contribution >= 4 is 17.7 Å². The monoisotopic (exact) mass is 285 g/mol. The molecule has 0 bridgehead atoms. The molecule has 2 rings (SSSR count). The summed E-state index contributed by atoms with van der Waals surface area (Å²) in [5.74, 6) is -0.584. The van der Waals surface area contributed by atoms with E-state index in [0.717, 1.165) is 5.56 Å². The van der Waals surface area contributed by atoms with Gasteiger partial charge in [0.2, 0.25) is 0 Å². The molecule has 1 atom stereocenters. The van der Waals surface area contributed by atoms with Crippen LogP contribution in [-0.4, -0.2) is 27.9 Å². The van der Waals surface area contributed by atoms with Crippen LogP contribution < -0.4 is 5.32 Å². The van der Waals surface area contributed by atoms with Gasteiger partial charge in [-0.25, -0.2) is 9.78 Å². The number of rotatable bonds is 4. The second-order valence-electron chi connectivity index (χ2n) is 4.49. The summed E-state index contributed by atoms with van der Waals surface area (Å²) in [6.07, 6.45) is 3.64. The van der Waals surface area contributed by atoms with E-state index in [1.54, 1.807) is 12.3 Å². The van der Waals surface area contributed by atoms with Gasteiger partial charge in [-0.15, -0.1) is 0 Å². The van der Waals surface area contributed by atoms with Crippen molar-refractivity contribution in [1.29, 1.82) is 0 Å². The van der Waals surface area contributed by atoms with Crippen molar-refractivity contribution in [2.24, 2.45) is 0 Å². The number of pyridine rings is 2. The summed E-state index contributed by atoms with van der Waals surface area (Å²) >= 11 is 0. The lowest BCUT2D eigenvalue weighted by atomic mass is 10.2. The fourth-order valence-electron chi connectivity index (χ4n) is 1.60. The van der Waals surface area contributed by atoms with E-state index in [1.165, 1.54) is 31.5 Å². The molecular formula is C15H15N3O3. The van der Waals surface area contributed by atoms with Gasteiger partial charge < -0.3 is 10.1 Å². The van der Waals surface area contributed by atoms with E-state index in [-0.39, 0.29) is 0 Å². The maximum atomic E-state index is 11.9. The highest BCUT2D eigenvalue weighted by atomic mass is 16.5. The van der Waals surface area contributed by atoms with Crippen molar-refractivity contribution in [2.75, 3.05) is 5.32 Å². The van der Waals surface area contributed by atoms with E-state index in [9.17, 15) is 9.59 Å². The third-order valence-electron chi connectivity index (χ3n) is 2.74. The van der Waals surface area contributed by atoms with E-state index < -0.39 is 18.0 Å². The van der Waals surface area contributed by atoms with Gasteiger partial charge in [0.1, 0.15) is 5.82 Å². The molecule has 6 heteroatoms. The van der Waals surface area contributed by atoms with Crippen LogP contribution in [0.1, 0.15) is 22.8 Å². The average molecular weight is 285 g/mol. The number of carbonyl (C=O) groups excluding carboxylic acids is 2. The smallest absolute Gasteiger partial charge is 0.339 e. The van der Waals surface area contributed by atoms with Gasteiger partial charge in [-0.2, -0.15) is 0 Å². The third-order valence-corrected chi connectivity index (χ3v) is 2.74. The number of nitrogens with one attached hydrogen (secondary N) is 1. The van der Waals surface area contributed by atoms with Gasteiger partial charge in [0.25, 0.3) is 5.91 Å². The summed E-state index contributed by atoms with van der Waals surface area (Å²) in [5, 5.41) is 2.60. The fraction of sp³-hybridized carbons (Fsp3) is 0.200. The van der Waals surface area contributed by atoms with Crippen LogP contribution in [-0.2, 0) is 9.53 Å². The first-order valence-electron chi connectivity index (χ1n) is 6.41. The minimum atomic E-state index is -0.923. The minimum Gasteiger partial charge on any atom is -0.449 e. The molecule has 1 unspecified atom stereocenters. The van der Waals surface area contributed by atoms with Gasteiger partial charge >= 0.3 is 5.97 Å². The Kier molecular flexibility index (Phi) is 4.61. The standard InChI is InChI=1S/C15H15N3O3/c1-10-3-8-17-13(9-10)18-14(19)11(2)21-15(20)12-4-6-16-7-5-12/h3-9,11H,1-2H3,(H,17,18,19). The molecule has 0 aliphatic carbocycles. The largest absolute Gasteiger partial charge is 0.449 e. The zero-order valence-corrected chi connectivity index (χ0v) is 11.7. The molecule has 0 aliphatic rings. The summed E-state index contributed by atoms with van der Waals surface area (Å²) in [5.41, 5.74) is 1.32. The van der Waals surface area contributed by atoms with E-state index >= 15 is 0 Å². The van der Waals surface area contributed by atoms with Gasteiger partial charge in [0, 0.05) is 18.6 Å². The highest BCUT2D eigenvalue weighted by molar-refractivity contribution is 5.96. The minimum absolute atomic E-state index is 0.346. The van der Waals surface area contributed by atoms with Crippen LogP contribution in [0.2, 0.25) is 0 Å². The van der Waals surface area contributed by atoms with Gasteiger partial charge in [-0.05, 0) is 43.7 Å². The Labute approximate surface area is 122 Å². The molecule has 0 saturated heterocycles. The van der Waals surface area contributed by atoms with Crippen molar-refractivity contribution in [2.45, 2.75) is 20.0 Å². The molecule has 2 aromatic heterocycles. The predicted octanol–water partition coefficient (Wildman–Crippen LogP) is 1.97. The molecule has 6 nitrogen and oxygen atoms in total. The Hall–Kier alpha value is -2.76. The zero-order chi connectivity index (χ0) is 15.2. The quantitative estimate of drug-likeness (QED) is 0.868. The van der Waals surface area contributed by atoms with Crippen LogP contribution in [0.5, 0.6) is 0 Å². The maximum absolute atomic E-state index is 11.9. The lowest BCUT2D eigenvalue weighted by molar-refractivity contribution is -0.123. The lowest BCUT2D eigenvalue weighted by Crippen LogP contribution is -2.30. The Bertz CT molecular complexity index is 644. The Morgan fingerprint density at radius 3 is 2.57 bits per heavy atom. The molecule has 108 valence electrons. The van der Waals surface area contributed by atoms with Crippen LogP contribution >= 0.6 is 0 Å². The molecule has 2 aromatic rings. The van der Waals surface area contributed by atoms with Gasteiger partial charge in [-0.1, -0.05) is 0 Å². The van der Waals surface area contributed by atoms with Crippen molar-refractivity contribution < 1.29 is 14.3 Å². The number of nitrogens with zero attached hydrogens (tertiary/aromatic N) is 2. The molecule has 0 radical (unpaired) electrons. The molecule has 0 aromatic carbocycles. The summed E-state index contributed by atoms with van der Waals surface area (Å²) in [6.45, 7) is 3.40. The first kappa shape index (κ1) is 14.6. The molecule has 21 heavy (non-hydrogen) atoms. The molecule has 0 aliphatic heterocycles. The number of hydrogen-bond acceptors (Lipinski definition) is 5. The maximum Gasteiger partial charge on any atom is 0.339 e. The molecule has 1 N–H and O–H groups in total. The van der Waals surface area contributed by atoms with E-state index in [2.05, 4.69) is 15.3 Å². The molecular weight excluding hydrogens is 270 g/mol. The Morgan fingerprint density at radius 1 is 1.19 bits per heavy atom. The number of ether oxygens (including phenoxy) is 1. The van der Waals surface area contributed by atoms with Crippen LogP contribution in [0, 0.1) is 6.92 Å². The third kappa shape index (κ3) is 4.10. The van der Waals surface area contributed by atoms with Crippen molar-refractivity contribution in [3.63, 3.8) is 0 Å². The molecule has 2 heterocycles. The van der Waals surface area contributed by atoms with Crippen LogP contribution in [0.15, 0.2) is 42.9 Å². The van der Waals surface area contributed by atoms with Crippen LogP contribution in [0.3, 0.4) is 0 Å². The summed E-state index contributed by atoms with van der Waals surface area (Å²) in [4.78, 5) is 31.6. The number of anilines is 1. The van der Waals surface area contributed by atoms with E-state index in [0.29, 0.717) is 11.4 Å². The number of aryl methyl sites for hydroxylation is 1. The first-order chi connectivity index (χ1) is 10.1. The molecule has 1 amide bonds. The topological polar surface area (TPSA) is 81.2 Å². The number of esters is 1. The van der Waals surface area contributed by atoms with E-state index in [1.807, 2.05) is 13.0 Å². The molecule has 0 saturated carbocycles. The Morgan fingerprint density at radius 2 is 1.90 bits per heavy atom. The second-order valence-corrected chi connectivity index (χ2v) is 4.49. The van der Waals surface area contributed by atoms with E-state index in [4.69, 9.17) is 4.74 Å². The van der Waals surface area contributed by atoms with Crippen molar-refractivity contribution in [1.82, 2.24) is 9.97 Å². The Balaban J connectivity index is 1.95. The number of carbonyl (C=O) groups is 2. The second kappa shape index (κ2) is 6.60. The van der Waals surface area contributed by atoms with Crippen LogP contribution in [0.4, 0.5) is 5.82 Å². The summed E-state index contributed by atoms with van der Waals surface area (Å²) in [6, 6.07) is 6.60. The average Bonchev–Trinajstić information content (AvgIpc) is 2.48. The number of amides is 1. The van der Waals surface area contributed by atoms with Crippen LogP contribution in [0.25, 0.3) is 0 Å². The van der Waals surface area contributed by atoms with Crippen molar-refractivity contribution in [3.05, 3.63) is 54.0 Å². The predicted molar refractivity (Wildman–Crippen MR) is 76.7 cm³/mol. The summed E-state index contributed by atoms with van der Waals surface area (Å²) < 4.78 is 5.09. The van der Waals surface area contributed by atoms with Gasteiger partial charge in [0.05, 0.1) is 5.56 Å².